The van der Waals surface area contributed by atoms with E-state index in [-0.39, 0.29) is 0 Å². The van der Waals surface area contributed by atoms with Gasteiger partial charge in [0.1, 0.15) is 12.5 Å². The van der Waals surface area contributed by atoms with E-state index in [4.69, 9.17) is 18.9 Å². The van der Waals surface area contributed by atoms with Gasteiger partial charge in [-0.15, -0.1) is 0 Å². The predicted octanol–water partition coefficient (Wildman–Crippen LogP) is -0.992. The van der Waals surface area contributed by atoms with Crippen LogP contribution >= 0.6 is 0 Å². The molecular weight excluding hydrogens is 324 g/mol. The van der Waals surface area contributed by atoms with Gasteiger partial charge in [-0.3, -0.25) is 0 Å². The van der Waals surface area contributed by atoms with Crippen molar-refractivity contribution >= 4 is 11.9 Å². The second-order valence-electron chi connectivity index (χ2n) is 4.88. The molecule has 2 heterocycles. The van der Waals surface area contributed by atoms with Gasteiger partial charge in [-0.25, -0.2) is 9.59 Å². The summed E-state index contributed by atoms with van der Waals surface area (Å²) in [6, 6.07) is 0. The SMILES string of the molecule is CCN1C=COC1OC(=O)C(O)C(O)C(=O)OC1OC=CN1CC. The summed E-state index contributed by atoms with van der Waals surface area (Å²) in [5.41, 5.74) is 0. The van der Waals surface area contributed by atoms with Gasteiger partial charge < -0.3 is 39.0 Å². The Kier molecular flexibility index (Phi) is 5.88. The summed E-state index contributed by atoms with van der Waals surface area (Å²) < 4.78 is 19.8. The first-order valence-electron chi connectivity index (χ1n) is 7.40. The van der Waals surface area contributed by atoms with Crippen molar-refractivity contribution in [2.45, 2.75) is 38.9 Å². The molecule has 4 atom stereocenters. The maximum atomic E-state index is 11.8. The van der Waals surface area contributed by atoms with Crippen LogP contribution in [-0.4, -0.2) is 70.1 Å². The molecule has 0 aliphatic carbocycles. The minimum Gasteiger partial charge on any atom is -0.444 e. The van der Waals surface area contributed by atoms with Gasteiger partial charge in [-0.1, -0.05) is 0 Å². The van der Waals surface area contributed by atoms with Crippen LogP contribution in [0.5, 0.6) is 0 Å². The number of carbonyl (C=O) groups is 2. The van der Waals surface area contributed by atoms with E-state index >= 15 is 0 Å². The van der Waals surface area contributed by atoms with Gasteiger partial charge in [0.05, 0.1) is 0 Å². The molecule has 2 aliphatic rings. The second kappa shape index (κ2) is 7.88. The molecule has 0 amide bonds. The Balaban J connectivity index is 1.85. The molecule has 2 N–H and O–H groups in total. The number of hydrogen-bond donors (Lipinski definition) is 2. The third-order valence-electron chi connectivity index (χ3n) is 3.38. The molecule has 0 fully saturated rings. The van der Waals surface area contributed by atoms with Crippen molar-refractivity contribution in [3.8, 4) is 0 Å². The van der Waals surface area contributed by atoms with Crippen LogP contribution in [0.2, 0.25) is 0 Å². The summed E-state index contributed by atoms with van der Waals surface area (Å²) in [6.07, 6.45) is -0.603. The fourth-order valence-electron chi connectivity index (χ4n) is 1.95. The number of rotatable bonds is 7. The predicted molar refractivity (Wildman–Crippen MR) is 77.0 cm³/mol. The second-order valence-corrected chi connectivity index (χ2v) is 4.88. The Morgan fingerprint density at radius 3 is 1.67 bits per heavy atom. The van der Waals surface area contributed by atoms with Crippen molar-refractivity contribution in [1.82, 2.24) is 9.80 Å². The van der Waals surface area contributed by atoms with E-state index in [0.717, 1.165) is 0 Å². The zero-order valence-corrected chi connectivity index (χ0v) is 13.3. The molecule has 4 unspecified atom stereocenters. The lowest BCUT2D eigenvalue weighted by atomic mass is 10.2. The first-order valence-corrected chi connectivity index (χ1v) is 7.40. The number of ether oxygens (including phenoxy) is 4. The quantitative estimate of drug-likeness (QED) is 0.557. The van der Waals surface area contributed by atoms with Gasteiger partial charge in [-0.05, 0) is 13.8 Å². The van der Waals surface area contributed by atoms with Crippen LogP contribution in [0.15, 0.2) is 24.9 Å². The van der Waals surface area contributed by atoms with Crippen LogP contribution in [0.4, 0.5) is 0 Å². The molecule has 0 aromatic heterocycles. The lowest BCUT2D eigenvalue weighted by Crippen LogP contribution is -2.46. The van der Waals surface area contributed by atoms with Crippen LogP contribution < -0.4 is 0 Å². The number of carbonyl (C=O) groups excluding carboxylic acids is 2. The number of esters is 2. The Bertz CT molecular complexity index is 477. The number of nitrogens with zero attached hydrogens (tertiary/aromatic N) is 2. The Labute approximate surface area is 138 Å². The fourth-order valence-corrected chi connectivity index (χ4v) is 1.95. The minimum absolute atomic E-state index is 0.494. The molecule has 0 aromatic rings. The lowest BCUT2D eigenvalue weighted by molar-refractivity contribution is -0.213. The average molecular weight is 344 g/mol. The van der Waals surface area contributed by atoms with E-state index < -0.39 is 37.0 Å². The molecule has 0 saturated heterocycles. The third-order valence-corrected chi connectivity index (χ3v) is 3.38. The van der Waals surface area contributed by atoms with Gasteiger partial charge in [0.15, 0.2) is 12.2 Å². The van der Waals surface area contributed by atoms with Crippen molar-refractivity contribution in [2.75, 3.05) is 13.1 Å². The van der Waals surface area contributed by atoms with Gasteiger partial charge in [0, 0.05) is 25.5 Å². The zero-order chi connectivity index (χ0) is 17.7. The molecule has 134 valence electrons. The highest BCUT2D eigenvalue weighted by Gasteiger charge is 2.38. The molecular formula is C14H20N2O8. The number of aliphatic hydroxyl groups excluding tert-OH is 2. The molecule has 10 heteroatoms. The monoisotopic (exact) mass is 344 g/mol. The largest absolute Gasteiger partial charge is 0.444 e. The summed E-state index contributed by atoms with van der Waals surface area (Å²) in [4.78, 5) is 26.7. The summed E-state index contributed by atoms with van der Waals surface area (Å²) >= 11 is 0. The normalized spacial score (nSPS) is 24.3. The highest BCUT2D eigenvalue weighted by atomic mass is 16.7. The Hall–Kier alpha value is -2.46. The molecule has 10 nitrogen and oxygen atoms in total. The average Bonchev–Trinajstić information content (AvgIpc) is 3.21. The molecule has 0 saturated carbocycles. The van der Waals surface area contributed by atoms with E-state index in [0.29, 0.717) is 13.1 Å². The van der Waals surface area contributed by atoms with Crippen LogP contribution in [0.1, 0.15) is 13.8 Å². The highest BCUT2D eigenvalue weighted by Crippen LogP contribution is 2.16. The molecule has 24 heavy (non-hydrogen) atoms. The standard InChI is InChI=1S/C14H20N2O8/c1-3-15-5-7-21-13(15)23-11(19)9(17)10(18)12(20)24-14-16(4-2)6-8-22-14/h5-10,13-14,17-18H,3-4H2,1-2H3. The first kappa shape index (κ1) is 17.9. The summed E-state index contributed by atoms with van der Waals surface area (Å²) in [7, 11) is 0. The molecule has 0 aromatic carbocycles. The Morgan fingerprint density at radius 2 is 1.33 bits per heavy atom. The van der Waals surface area contributed by atoms with Gasteiger partial charge >= 0.3 is 24.8 Å². The van der Waals surface area contributed by atoms with Crippen molar-refractivity contribution < 1.29 is 38.7 Å². The smallest absolute Gasteiger partial charge is 0.342 e. The minimum atomic E-state index is -2.12. The molecule has 2 aliphatic heterocycles. The van der Waals surface area contributed by atoms with Crippen molar-refractivity contribution in [1.29, 1.82) is 0 Å². The van der Waals surface area contributed by atoms with Crippen LogP contribution in [0, 0.1) is 0 Å². The third kappa shape index (κ3) is 3.89. The van der Waals surface area contributed by atoms with Crippen molar-refractivity contribution in [2.24, 2.45) is 0 Å². The van der Waals surface area contributed by atoms with Gasteiger partial charge in [0.25, 0.3) is 0 Å². The first-order chi connectivity index (χ1) is 11.5. The van der Waals surface area contributed by atoms with Crippen LogP contribution in [0.25, 0.3) is 0 Å². The van der Waals surface area contributed by atoms with E-state index in [2.05, 4.69) is 0 Å². The summed E-state index contributed by atoms with van der Waals surface area (Å²) in [5, 5.41) is 19.6. The Morgan fingerprint density at radius 1 is 0.958 bits per heavy atom. The molecule has 2 rings (SSSR count). The number of aliphatic hydroxyl groups is 2. The summed E-state index contributed by atoms with van der Waals surface area (Å²) in [6.45, 7) is 4.59. The van der Waals surface area contributed by atoms with Crippen LogP contribution in [-0.2, 0) is 28.5 Å². The van der Waals surface area contributed by atoms with Crippen molar-refractivity contribution in [3.63, 3.8) is 0 Å². The highest BCUT2D eigenvalue weighted by molar-refractivity contribution is 5.85. The molecule has 0 radical (unpaired) electrons. The lowest BCUT2D eigenvalue weighted by Gasteiger charge is -2.25. The topological polar surface area (TPSA) is 118 Å². The van der Waals surface area contributed by atoms with Gasteiger partial charge in [0.2, 0.25) is 0 Å². The zero-order valence-electron chi connectivity index (χ0n) is 13.3. The van der Waals surface area contributed by atoms with E-state index in [9.17, 15) is 19.8 Å². The fraction of sp³-hybridized carbons (Fsp3) is 0.571. The van der Waals surface area contributed by atoms with E-state index in [1.165, 1.54) is 22.3 Å². The van der Waals surface area contributed by atoms with E-state index in [1.54, 1.807) is 26.2 Å². The maximum Gasteiger partial charge on any atom is 0.342 e. The van der Waals surface area contributed by atoms with E-state index in [1.807, 2.05) is 0 Å². The number of hydrogen-bond acceptors (Lipinski definition) is 10. The molecule has 0 spiro atoms. The maximum absolute atomic E-state index is 11.8. The summed E-state index contributed by atoms with van der Waals surface area (Å²) in [5.74, 6) is -2.44. The van der Waals surface area contributed by atoms with Gasteiger partial charge in [-0.2, -0.15) is 0 Å². The molecule has 0 bridgehead atoms. The van der Waals surface area contributed by atoms with Crippen molar-refractivity contribution in [3.05, 3.63) is 24.9 Å². The van der Waals surface area contributed by atoms with Crippen LogP contribution in [0.3, 0.4) is 0 Å².